The molecule has 6 heteroatoms. The van der Waals surface area contributed by atoms with E-state index in [9.17, 15) is 8.42 Å². The van der Waals surface area contributed by atoms with E-state index in [1.165, 1.54) is 11.4 Å². The summed E-state index contributed by atoms with van der Waals surface area (Å²) in [7, 11) is -2.07. The standard InChI is InChI=1S/C14H17N3O2S/c1-17(11-12-6-3-2-4-7-12)20(18,19)16-14-9-5-8-13(15)10-14/h2-10,16H,11,15H2,1H3. The minimum Gasteiger partial charge on any atom is -0.399 e. The van der Waals surface area contributed by atoms with Crippen LogP contribution in [-0.2, 0) is 16.8 Å². The number of nitrogens with zero attached hydrogens (tertiary/aromatic N) is 1. The number of hydrogen-bond donors (Lipinski definition) is 2. The van der Waals surface area contributed by atoms with Gasteiger partial charge in [-0.25, -0.2) is 0 Å². The van der Waals surface area contributed by atoms with Gasteiger partial charge in [-0.05, 0) is 23.8 Å². The molecule has 5 nitrogen and oxygen atoms in total. The Kier molecular flexibility index (Phi) is 4.26. The van der Waals surface area contributed by atoms with Gasteiger partial charge in [0.15, 0.2) is 0 Å². The molecule has 0 radical (unpaired) electrons. The van der Waals surface area contributed by atoms with Crippen molar-refractivity contribution < 1.29 is 8.42 Å². The molecule has 0 fully saturated rings. The smallest absolute Gasteiger partial charge is 0.301 e. The van der Waals surface area contributed by atoms with E-state index in [4.69, 9.17) is 5.73 Å². The topological polar surface area (TPSA) is 75.4 Å². The van der Waals surface area contributed by atoms with Crippen LogP contribution in [0.4, 0.5) is 11.4 Å². The summed E-state index contributed by atoms with van der Waals surface area (Å²) in [4.78, 5) is 0. The zero-order valence-electron chi connectivity index (χ0n) is 11.2. The summed E-state index contributed by atoms with van der Waals surface area (Å²) in [6.45, 7) is 0.304. The van der Waals surface area contributed by atoms with Crippen molar-refractivity contribution in [1.82, 2.24) is 4.31 Å². The number of hydrogen-bond acceptors (Lipinski definition) is 3. The Bertz CT molecular complexity index is 672. The fourth-order valence-electron chi connectivity index (χ4n) is 1.75. The summed E-state index contributed by atoms with van der Waals surface area (Å²) >= 11 is 0. The molecule has 0 bridgehead atoms. The predicted octanol–water partition coefficient (Wildman–Crippen LogP) is 2.06. The molecule has 0 spiro atoms. The molecule has 2 aromatic rings. The summed E-state index contributed by atoms with van der Waals surface area (Å²) in [5, 5.41) is 0. The van der Waals surface area contributed by atoms with Crippen molar-refractivity contribution in [3.05, 3.63) is 60.2 Å². The fraction of sp³-hybridized carbons (Fsp3) is 0.143. The first-order valence-corrected chi connectivity index (χ1v) is 7.55. The number of nitrogen functional groups attached to an aromatic ring is 1. The third kappa shape index (κ3) is 3.72. The summed E-state index contributed by atoms with van der Waals surface area (Å²) in [6, 6.07) is 16.0. The average molecular weight is 291 g/mol. The second-order valence-electron chi connectivity index (χ2n) is 4.47. The van der Waals surface area contributed by atoms with Crippen molar-refractivity contribution in [3.8, 4) is 0 Å². The number of nitrogens with one attached hydrogen (secondary N) is 1. The van der Waals surface area contributed by atoms with Crippen molar-refractivity contribution in [1.29, 1.82) is 0 Å². The van der Waals surface area contributed by atoms with Gasteiger partial charge in [0, 0.05) is 19.3 Å². The first kappa shape index (κ1) is 14.4. The first-order chi connectivity index (χ1) is 9.47. The Balaban J connectivity index is 2.10. The number of rotatable bonds is 5. The SMILES string of the molecule is CN(Cc1ccccc1)S(=O)(=O)Nc1cccc(N)c1. The first-order valence-electron chi connectivity index (χ1n) is 6.11. The zero-order chi connectivity index (χ0) is 14.6. The predicted molar refractivity (Wildman–Crippen MR) is 81.3 cm³/mol. The molecule has 106 valence electrons. The Hall–Kier alpha value is -2.05. The molecular weight excluding hydrogens is 274 g/mol. The van der Waals surface area contributed by atoms with Crippen LogP contribution in [0.2, 0.25) is 0 Å². The monoisotopic (exact) mass is 291 g/mol. The van der Waals surface area contributed by atoms with Crippen molar-refractivity contribution in [2.45, 2.75) is 6.54 Å². The minimum absolute atomic E-state index is 0.304. The maximum Gasteiger partial charge on any atom is 0.301 e. The van der Waals surface area contributed by atoms with E-state index in [-0.39, 0.29) is 0 Å². The molecule has 20 heavy (non-hydrogen) atoms. The lowest BCUT2D eigenvalue weighted by Gasteiger charge is -2.18. The maximum absolute atomic E-state index is 12.2. The highest BCUT2D eigenvalue weighted by Gasteiger charge is 2.17. The Morgan fingerprint density at radius 1 is 1.10 bits per heavy atom. The summed E-state index contributed by atoms with van der Waals surface area (Å²) in [5.41, 5.74) is 7.51. The molecule has 3 N–H and O–H groups in total. The van der Waals surface area contributed by atoms with Crippen LogP contribution in [0.5, 0.6) is 0 Å². The molecule has 0 aliphatic heterocycles. The van der Waals surface area contributed by atoms with E-state index in [0.717, 1.165) is 5.56 Å². The van der Waals surface area contributed by atoms with Gasteiger partial charge in [0.25, 0.3) is 0 Å². The van der Waals surface area contributed by atoms with E-state index in [0.29, 0.717) is 17.9 Å². The molecular formula is C14H17N3O2S. The van der Waals surface area contributed by atoms with Gasteiger partial charge >= 0.3 is 10.2 Å². The molecule has 0 aliphatic rings. The zero-order valence-corrected chi connectivity index (χ0v) is 12.0. The molecule has 0 atom stereocenters. The van der Waals surface area contributed by atoms with Crippen molar-refractivity contribution in [2.24, 2.45) is 0 Å². The van der Waals surface area contributed by atoms with E-state index in [1.807, 2.05) is 30.3 Å². The van der Waals surface area contributed by atoms with Gasteiger partial charge < -0.3 is 5.73 Å². The van der Waals surface area contributed by atoms with Crippen molar-refractivity contribution in [3.63, 3.8) is 0 Å². The van der Waals surface area contributed by atoms with Crippen LogP contribution in [0.15, 0.2) is 54.6 Å². The van der Waals surface area contributed by atoms with Gasteiger partial charge in [-0.2, -0.15) is 12.7 Å². The van der Waals surface area contributed by atoms with E-state index in [1.54, 1.807) is 24.3 Å². The molecule has 0 aromatic heterocycles. The van der Waals surface area contributed by atoms with Gasteiger partial charge in [-0.15, -0.1) is 0 Å². The van der Waals surface area contributed by atoms with Gasteiger partial charge in [-0.1, -0.05) is 36.4 Å². The van der Waals surface area contributed by atoms with Crippen LogP contribution in [0.1, 0.15) is 5.56 Å². The van der Waals surface area contributed by atoms with Gasteiger partial charge in [0.05, 0.1) is 5.69 Å². The summed E-state index contributed by atoms with van der Waals surface area (Å²) in [5.74, 6) is 0. The lowest BCUT2D eigenvalue weighted by molar-refractivity contribution is 0.471. The van der Waals surface area contributed by atoms with E-state index < -0.39 is 10.2 Å². The van der Waals surface area contributed by atoms with Crippen LogP contribution in [0.25, 0.3) is 0 Å². The Morgan fingerprint density at radius 2 is 1.80 bits per heavy atom. The van der Waals surface area contributed by atoms with Crippen LogP contribution in [0, 0.1) is 0 Å². The highest BCUT2D eigenvalue weighted by atomic mass is 32.2. The third-order valence-corrected chi connectivity index (χ3v) is 4.24. The van der Waals surface area contributed by atoms with Crippen molar-refractivity contribution in [2.75, 3.05) is 17.5 Å². The van der Waals surface area contributed by atoms with Crippen LogP contribution < -0.4 is 10.5 Å². The van der Waals surface area contributed by atoms with Crippen LogP contribution in [0.3, 0.4) is 0 Å². The number of benzene rings is 2. The van der Waals surface area contributed by atoms with E-state index in [2.05, 4.69) is 4.72 Å². The average Bonchev–Trinajstić information content (AvgIpc) is 2.39. The highest BCUT2D eigenvalue weighted by molar-refractivity contribution is 7.90. The molecule has 0 unspecified atom stereocenters. The quantitative estimate of drug-likeness (QED) is 0.828. The molecule has 0 heterocycles. The maximum atomic E-state index is 12.2. The fourth-order valence-corrected chi connectivity index (χ4v) is 2.65. The van der Waals surface area contributed by atoms with Crippen molar-refractivity contribution >= 4 is 21.6 Å². The van der Waals surface area contributed by atoms with Gasteiger partial charge in [-0.3, -0.25) is 4.72 Å². The number of nitrogens with two attached hydrogens (primary N) is 1. The Morgan fingerprint density at radius 3 is 2.45 bits per heavy atom. The van der Waals surface area contributed by atoms with Gasteiger partial charge in [0.1, 0.15) is 0 Å². The molecule has 0 saturated carbocycles. The number of anilines is 2. The normalized spacial score (nSPS) is 11.5. The molecule has 0 amide bonds. The second-order valence-corrected chi connectivity index (χ2v) is 6.25. The minimum atomic E-state index is -3.60. The lowest BCUT2D eigenvalue weighted by atomic mass is 10.2. The van der Waals surface area contributed by atoms with Crippen LogP contribution >= 0.6 is 0 Å². The molecule has 2 rings (SSSR count). The van der Waals surface area contributed by atoms with E-state index >= 15 is 0 Å². The molecule has 0 saturated heterocycles. The molecule has 2 aromatic carbocycles. The molecule has 0 aliphatic carbocycles. The highest BCUT2D eigenvalue weighted by Crippen LogP contribution is 2.15. The summed E-state index contributed by atoms with van der Waals surface area (Å²) in [6.07, 6.45) is 0. The third-order valence-electron chi connectivity index (χ3n) is 2.79. The second kappa shape index (κ2) is 5.94. The Labute approximate surface area is 119 Å². The summed E-state index contributed by atoms with van der Waals surface area (Å²) < 4.78 is 28.1. The van der Waals surface area contributed by atoms with Crippen LogP contribution in [-0.4, -0.2) is 19.8 Å². The lowest BCUT2D eigenvalue weighted by Crippen LogP contribution is -2.32. The largest absolute Gasteiger partial charge is 0.399 e. The van der Waals surface area contributed by atoms with Gasteiger partial charge in [0.2, 0.25) is 0 Å².